The summed E-state index contributed by atoms with van der Waals surface area (Å²) in [6, 6.07) is 0.531. The molecule has 2 N–H and O–H groups in total. The van der Waals surface area contributed by atoms with E-state index in [1.807, 2.05) is 0 Å². The van der Waals surface area contributed by atoms with Crippen LogP contribution in [0.5, 0.6) is 5.88 Å². The van der Waals surface area contributed by atoms with E-state index in [9.17, 15) is 5.11 Å². The van der Waals surface area contributed by atoms with Gasteiger partial charge in [-0.25, -0.2) is 0 Å². The van der Waals surface area contributed by atoms with Gasteiger partial charge in [-0.05, 0) is 11.8 Å². The number of aliphatic hydroxyl groups excluding tert-OH is 1. The number of aliphatic hydroxyl groups is 1. The van der Waals surface area contributed by atoms with Crippen molar-refractivity contribution < 1.29 is 9.84 Å². The first-order valence-electron chi connectivity index (χ1n) is 5.40. The van der Waals surface area contributed by atoms with Gasteiger partial charge in [0.05, 0.1) is 11.7 Å². The van der Waals surface area contributed by atoms with Crippen molar-refractivity contribution >= 4 is 11.7 Å². The van der Waals surface area contributed by atoms with Gasteiger partial charge in [0.2, 0.25) is 5.88 Å². The minimum absolute atomic E-state index is 0.256. The Bertz CT molecular complexity index is 329. The zero-order valence-electron chi connectivity index (χ0n) is 9.51. The molecule has 0 amide bonds. The van der Waals surface area contributed by atoms with Crippen LogP contribution >= 0.6 is 11.7 Å². The summed E-state index contributed by atoms with van der Waals surface area (Å²) >= 11 is 1.10. The molecule has 1 heterocycles. The van der Waals surface area contributed by atoms with Crippen molar-refractivity contribution in [2.24, 2.45) is 5.41 Å². The van der Waals surface area contributed by atoms with Gasteiger partial charge in [0, 0.05) is 12.6 Å². The molecule has 2 atom stereocenters. The molecule has 1 aliphatic carbocycles. The Morgan fingerprint density at radius 2 is 2.50 bits per heavy atom. The monoisotopic (exact) mass is 243 g/mol. The van der Waals surface area contributed by atoms with Crippen LogP contribution in [0.15, 0.2) is 6.20 Å². The molecule has 6 heteroatoms. The van der Waals surface area contributed by atoms with E-state index < -0.39 is 6.10 Å². The molecule has 2 rings (SSSR count). The van der Waals surface area contributed by atoms with E-state index in [4.69, 9.17) is 4.74 Å². The normalized spacial score (nSPS) is 24.1. The minimum atomic E-state index is -0.502. The molecule has 16 heavy (non-hydrogen) atoms. The van der Waals surface area contributed by atoms with Crippen molar-refractivity contribution in [3.8, 4) is 5.88 Å². The lowest BCUT2D eigenvalue weighted by Gasteiger charge is -2.12. The molecule has 1 aliphatic rings. The summed E-state index contributed by atoms with van der Waals surface area (Å²) < 4.78 is 13.0. The predicted molar refractivity (Wildman–Crippen MR) is 61.6 cm³/mol. The van der Waals surface area contributed by atoms with Crippen LogP contribution in [0.25, 0.3) is 0 Å². The second kappa shape index (κ2) is 4.65. The molecule has 5 nitrogen and oxygen atoms in total. The highest BCUT2D eigenvalue weighted by Crippen LogP contribution is 2.44. The third-order valence-electron chi connectivity index (χ3n) is 2.88. The summed E-state index contributed by atoms with van der Waals surface area (Å²) in [6.07, 6.45) is 2.23. The minimum Gasteiger partial charge on any atom is -0.473 e. The first-order valence-corrected chi connectivity index (χ1v) is 6.13. The summed E-state index contributed by atoms with van der Waals surface area (Å²) in [5.74, 6) is 0.482. The molecule has 90 valence electrons. The summed E-state index contributed by atoms with van der Waals surface area (Å²) in [5.41, 5.74) is 0.388. The van der Waals surface area contributed by atoms with Gasteiger partial charge in [0.1, 0.15) is 18.9 Å². The Morgan fingerprint density at radius 3 is 3.06 bits per heavy atom. The molecule has 0 aromatic carbocycles. The van der Waals surface area contributed by atoms with Gasteiger partial charge >= 0.3 is 0 Å². The fraction of sp³-hybridized carbons (Fsp3) is 0.800. The van der Waals surface area contributed by atoms with Crippen LogP contribution in [-0.4, -0.2) is 39.2 Å². The number of nitrogens with one attached hydrogen (secondary N) is 1. The number of hydrogen-bond donors (Lipinski definition) is 2. The smallest absolute Gasteiger partial charge is 0.245 e. The van der Waals surface area contributed by atoms with Crippen LogP contribution in [0.4, 0.5) is 0 Å². The maximum atomic E-state index is 9.66. The number of hydrogen-bond acceptors (Lipinski definition) is 6. The van der Waals surface area contributed by atoms with Crippen LogP contribution in [-0.2, 0) is 0 Å². The predicted octanol–water partition coefficient (Wildman–Crippen LogP) is 0.666. The Balaban J connectivity index is 1.60. The van der Waals surface area contributed by atoms with Crippen molar-refractivity contribution in [3.05, 3.63) is 6.20 Å². The second-order valence-corrected chi connectivity index (χ2v) is 5.42. The van der Waals surface area contributed by atoms with Gasteiger partial charge in [-0.1, -0.05) is 13.8 Å². The average Bonchev–Trinajstić information content (AvgIpc) is 2.70. The van der Waals surface area contributed by atoms with E-state index >= 15 is 0 Å². The quantitative estimate of drug-likeness (QED) is 0.768. The highest BCUT2D eigenvalue weighted by Gasteiger charge is 2.45. The molecular formula is C10H17N3O2S. The van der Waals surface area contributed by atoms with Crippen LogP contribution in [0.2, 0.25) is 0 Å². The zero-order chi connectivity index (χ0) is 11.6. The molecule has 0 saturated heterocycles. The first kappa shape index (κ1) is 11.8. The van der Waals surface area contributed by atoms with Crippen LogP contribution in [0.3, 0.4) is 0 Å². The molecular weight excluding hydrogens is 226 g/mol. The number of nitrogens with zero attached hydrogens (tertiary/aromatic N) is 2. The molecule has 1 aromatic rings. The van der Waals surface area contributed by atoms with Gasteiger partial charge in [0.25, 0.3) is 0 Å². The van der Waals surface area contributed by atoms with Gasteiger partial charge in [-0.3, -0.25) is 0 Å². The van der Waals surface area contributed by atoms with Gasteiger partial charge in [0.15, 0.2) is 0 Å². The van der Waals surface area contributed by atoms with E-state index in [0.717, 1.165) is 11.7 Å². The van der Waals surface area contributed by atoms with Crippen molar-refractivity contribution in [3.63, 3.8) is 0 Å². The van der Waals surface area contributed by atoms with Crippen LogP contribution < -0.4 is 10.1 Å². The fourth-order valence-electron chi connectivity index (χ4n) is 1.55. The molecule has 0 spiro atoms. The SMILES string of the molecule is CC1(C)CC1NCC(O)COc1cnsn1. The highest BCUT2D eigenvalue weighted by molar-refractivity contribution is 6.99. The molecule has 1 fully saturated rings. The standard InChI is InChI=1S/C10H17N3O2S/c1-10(2)3-8(10)11-4-7(14)6-15-9-5-12-16-13-9/h5,7-8,11,14H,3-4,6H2,1-2H3. The van der Waals surface area contributed by atoms with Crippen LogP contribution in [0.1, 0.15) is 20.3 Å². The lowest BCUT2D eigenvalue weighted by molar-refractivity contribution is 0.103. The van der Waals surface area contributed by atoms with Crippen LogP contribution in [0, 0.1) is 5.41 Å². The van der Waals surface area contributed by atoms with E-state index in [1.54, 1.807) is 6.20 Å². The second-order valence-electron chi connectivity index (χ2n) is 4.86. The summed E-state index contributed by atoms with van der Waals surface area (Å²) in [4.78, 5) is 0. The van der Waals surface area contributed by atoms with E-state index in [1.165, 1.54) is 6.42 Å². The molecule has 0 aliphatic heterocycles. The molecule has 0 radical (unpaired) electrons. The van der Waals surface area contributed by atoms with E-state index in [2.05, 4.69) is 27.9 Å². The maximum absolute atomic E-state index is 9.66. The van der Waals surface area contributed by atoms with E-state index in [-0.39, 0.29) is 6.61 Å². The molecule has 1 saturated carbocycles. The zero-order valence-corrected chi connectivity index (χ0v) is 10.3. The van der Waals surface area contributed by atoms with Crippen molar-refractivity contribution in [2.75, 3.05) is 13.2 Å². The highest BCUT2D eigenvalue weighted by atomic mass is 32.1. The Labute approximate surface area is 99.2 Å². The summed E-state index contributed by atoms with van der Waals surface area (Å²) in [6.45, 7) is 5.25. The van der Waals surface area contributed by atoms with E-state index in [0.29, 0.717) is 23.9 Å². The topological polar surface area (TPSA) is 67.3 Å². The summed E-state index contributed by atoms with van der Waals surface area (Å²) in [7, 11) is 0. The maximum Gasteiger partial charge on any atom is 0.245 e. The van der Waals surface area contributed by atoms with Gasteiger partial charge < -0.3 is 15.2 Å². The van der Waals surface area contributed by atoms with Gasteiger partial charge in [-0.15, -0.1) is 4.37 Å². The molecule has 1 aromatic heterocycles. The lowest BCUT2D eigenvalue weighted by atomic mass is 10.2. The molecule has 2 unspecified atom stereocenters. The van der Waals surface area contributed by atoms with Crippen molar-refractivity contribution in [2.45, 2.75) is 32.4 Å². The third kappa shape index (κ3) is 3.13. The molecule has 0 bridgehead atoms. The number of rotatable bonds is 6. The fourth-order valence-corrected chi connectivity index (χ4v) is 1.92. The Morgan fingerprint density at radius 1 is 1.75 bits per heavy atom. The van der Waals surface area contributed by atoms with Crippen molar-refractivity contribution in [1.82, 2.24) is 14.1 Å². The summed E-state index contributed by atoms with van der Waals surface area (Å²) in [5, 5.41) is 13.0. The average molecular weight is 243 g/mol. The largest absolute Gasteiger partial charge is 0.473 e. The first-order chi connectivity index (χ1) is 7.58. The Kier molecular flexibility index (Phi) is 3.41. The number of aromatic nitrogens is 2. The van der Waals surface area contributed by atoms with Crippen molar-refractivity contribution in [1.29, 1.82) is 0 Å². The number of ether oxygens (including phenoxy) is 1. The Hall–Kier alpha value is -0.720. The van der Waals surface area contributed by atoms with Gasteiger partial charge in [-0.2, -0.15) is 4.37 Å². The lowest BCUT2D eigenvalue weighted by Crippen LogP contribution is -2.34. The third-order valence-corrected chi connectivity index (χ3v) is 3.34.